The Morgan fingerprint density at radius 2 is 1.11 bits per heavy atom. The summed E-state index contributed by atoms with van der Waals surface area (Å²) in [4.78, 5) is 0. The molecule has 0 bridgehead atoms. The molecule has 7 aromatic carbocycles. The van der Waals surface area contributed by atoms with E-state index in [1.54, 1.807) is 14.2 Å². The third-order valence-electron chi connectivity index (χ3n) is 10.4. The zero-order chi connectivity index (χ0) is 30.5. The molecule has 2 nitrogen and oxygen atoms in total. The molecule has 0 saturated heterocycles. The first-order valence-electron chi connectivity index (χ1n) is 16.1. The van der Waals surface area contributed by atoms with Crippen LogP contribution >= 0.6 is 0 Å². The van der Waals surface area contributed by atoms with Crippen molar-refractivity contribution in [3.63, 3.8) is 0 Å². The molecule has 10 rings (SSSR count). The maximum Gasteiger partial charge on any atom is 0.127 e. The summed E-state index contributed by atoms with van der Waals surface area (Å²) in [6.45, 7) is 0. The van der Waals surface area contributed by atoms with Crippen molar-refractivity contribution in [3.05, 3.63) is 132 Å². The molecule has 0 amide bonds. The van der Waals surface area contributed by atoms with Gasteiger partial charge in [-0.15, -0.1) is 0 Å². The normalized spacial score (nSPS) is 14.0. The van der Waals surface area contributed by atoms with Crippen molar-refractivity contribution in [1.82, 2.24) is 0 Å². The van der Waals surface area contributed by atoms with E-state index in [0.717, 1.165) is 35.5 Å². The average Bonchev–Trinajstić information content (AvgIpc) is 3.64. The predicted molar refractivity (Wildman–Crippen MR) is 193 cm³/mol. The fraction of sp³-hybridized carbons (Fsp3) is 0.0909. The number of rotatable bonds is 4. The highest BCUT2D eigenvalue weighted by Crippen LogP contribution is 2.60. The van der Waals surface area contributed by atoms with Gasteiger partial charge in [0.1, 0.15) is 11.5 Å². The highest BCUT2D eigenvalue weighted by atomic mass is 16.5. The van der Waals surface area contributed by atoms with Crippen LogP contribution in [-0.4, -0.2) is 14.2 Å². The van der Waals surface area contributed by atoms with Gasteiger partial charge in [0.25, 0.3) is 0 Å². The highest BCUT2D eigenvalue weighted by molar-refractivity contribution is 6.33. The lowest BCUT2D eigenvalue weighted by Gasteiger charge is -2.20. The monoisotopic (exact) mass is 590 g/mol. The maximum absolute atomic E-state index is 6.07. The summed E-state index contributed by atoms with van der Waals surface area (Å²) in [5, 5.41) is 7.70. The van der Waals surface area contributed by atoms with Crippen molar-refractivity contribution in [2.45, 2.75) is 12.8 Å². The van der Waals surface area contributed by atoms with E-state index in [4.69, 9.17) is 9.47 Å². The van der Waals surface area contributed by atoms with Crippen LogP contribution in [0.3, 0.4) is 0 Å². The van der Waals surface area contributed by atoms with Crippen molar-refractivity contribution in [2.75, 3.05) is 14.2 Å². The van der Waals surface area contributed by atoms with Crippen LogP contribution in [0.4, 0.5) is 0 Å². The third-order valence-corrected chi connectivity index (χ3v) is 10.4. The standard InChI is InChI=1S/C44H30O2/c1-45-36-23-24-37(46-2)44-42(36)34-19-10-18-33-40(39-26(25-11-4-3-5-12-25)15-8-20-35(39)43(44)41(33)34)32-22-21-31-28-14-7-6-13-27(28)29-16-9-17-30(32)38(29)31/h3-6,8-13,15-24H,7,14H2,1-2H3. The van der Waals surface area contributed by atoms with Gasteiger partial charge >= 0.3 is 0 Å². The summed E-state index contributed by atoms with van der Waals surface area (Å²) < 4.78 is 12.1. The van der Waals surface area contributed by atoms with Crippen molar-refractivity contribution in [2.24, 2.45) is 0 Å². The smallest absolute Gasteiger partial charge is 0.127 e. The molecule has 0 saturated carbocycles. The second kappa shape index (κ2) is 9.45. The summed E-state index contributed by atoms with van der Waals surface area (Å²) in [5.41, 5.74) is 15.3. The second-order valence-electron chi connectivity index (χ2n) is 12.5. The van der Waals surface area contributed by atoms with Crippen molar-refractivity contribution in [3.8, 4) is 56.0 Å². The Labute approximate surface area is 267 Å². The van der Waals surface area contributed by atoms with Crippen LogP contribution in [0, 0.1) is 0 Å². The summed E-state index contributed by atoms with van der Waals surface area (Å²) in [7, 11) is 3.53. The molecule has 0 N–H and O–H groups in total. The van der Waals surface area contributed by atoms with Gasteiger partial charge < -0.3 is 9.47 Å². The summed E-state index contributed by atoms with van der Waals surface area (Å²) in [6.07, 6.45) is 6.86. The first kappa shape index (κ1) is 25.7. The summed E-state index contributed by atoms with van der Waals surface area (Å²) in [5.74, 6) is 1.73. The van der Waals surface area contributed by atoms with E-state index < -0.39 is 0 Å². The molecule has 0 aliphatic heterocycles. The van der Waals surface area contributed by atoms with Crippen molar-refractivity contribution >= 4 is 43.5 Å². The van der Waals surface area contributed by atoms with Crippen LogP contribution in [-0.2, 0) is 0 Å². The second-order valence-corrected chi connectivity index (χ2v) is 12.5. The largest absolute Gasteiger partial charge is 0.496 e. The number of hydrogen-bond donors (Lipinski definition) is 0. The molecule has 3 aliphatic rings. The Morgan fingerprint density at radius 1 is 0.457 bits per heavy atom. The summed E-state index contributed by atoms with van der Waals surface area (Å²) >= 11 is 0. The SMILES string of the molecule is COc1ccc(OC)c2c1-c1cccc3c(-c4ccc5c6c(cccc46)C4=C5CCC=C4)c4c(-c5ccccc5)cccc4c-2c13. The third kappa shape index (κ3) is 3.21. The number of allylic oxidation sites excluding steroid dienone is 4. The van der Waals surface area contributed by atoms with E-state index in [-0.39, 0.29) is 0 Å². The van der Waals surface area contributed by atoms with Crippen molar-refractivity contribution < 1.29 is 9.47 Å². The van der Waals surface area contributed by atoms with Gasteiger partial charge in [-0.2, -0.15) is 0 Å². The Morgan fingerprint density at radius 3 is 1.89 bits per heavy atom. The zero-order valence-corrected chi connectivity index (χ0v) is 25.8. The molecule has 0 radical (unpaired) electrons. The van der Waals surface area contributed by atoms with Gasteiger partial charge in [0, 0.05) is 16.7 Å². The van der Waals surface area contributed by atoms with E-state index in [1.165, 1.54) is 88.0 Å². The highest BCUT2D eigenvalue weighted by Gasteiger charge is 2.33. The van der Waals surface area contributed by atoms with Gasteiger partial charge in [-0.05, 0) is 107 Å². The fourth-order valence-electron chi connectivity index (χ4n) is 8.65. The minimum Gasteiger partial charge on any atom is -0.496 e. The van der Waals surface area contributed by atoms with Crippen LogP contribution in [0.2, 0.25) is 0 Å². The molecule has 46 heavy (non-hydrogen) atoms. The molecule has 0 heterocycles. The van der Waals surface area contributed by atoms with Gasteiger partial charge in [-0.1, -0.05) is 109 Å². The first-order chi connectivity index (χ1) is 22.8. The average molecular weight is 591 g/mol. The zero-order valence-electron chi connectivity index (χ0n) is 25.8. The molecule has 0 unspecified atom stereocenters. The van der Waals surface area contributed by atoms with Crippen LogP contribution in [0.15, 0.2) is 121 Å². The molecular formula is C44H30O2. The van der Waals surface area contributed by atoms with Crippen molar-refractivity contribution in [1.29, 1.82) is 0 Å². The number of ether oxygens (including phenoxy) is 2. The van der Waals surface area contributed by atoms with Crippen LogP contribution in [0.25, 0.3) is 88.0 Å². The lowest BCUT2D eigenvalue weighted by molar-refractivity contribution is 0.406. The minimum absolute atomic E-state index is 0.863. The Hall–Kier alpha value is -5.60. The summed E-state index contributed by atoms with van der Waals surface area (Å²) in [6, 6.07) is 40.1. The maximum atomic E-state index is 6.07. The topological polar surface area (TPSA) is 18.5 Å². The van der Waals surface area contributed by atoms with Crippen LogP contribution in [0.5, 0.6) is 11.5 Å². The van der Waals surface area contributed by atoms with E-state index in [9.17, 15) is 0 Å². The number of fused-ring (bicyclic) bond motifs is 7. The van der Waals surface area contributed by atoms with E-state index in [0.29, 0.717) is 0 Å². The van der Waals surface area contributed by atoms with Gasteiger partial charge in [0.05, 0.1) is 14.2 Å². The van der Waals surface area contributed by atoms with Crippen LogP contribution in [0.1, 0.15) is 24.0 Å². The quantitative estimate of drug-likeness (QED) is 0.190. The van der Waals surface area contributed by atoms with E-state index in [1.807, 2.05) is 12.1 Å². The number of hydrogen-bond acceptors (Lipinski definition) is 2. The molecule has 0 atom stereocenters. The first-order valence-corrected chi connectivity index (χ1v) is 16.1. The van der Waals surface area contributed by atoms with Gasteiger partial charge in [0.15, 0.2) is 0 Å². The number of methoxy groups -OCH3 is 2. The molecule has 0 fully saturated rings. The molecule has 218 valence electrons. The Balaban J connectivity index is 1.42. The van der Waals surface area contributed by atoms with E-state index >= 15 is 0 Å². The molecule has 2 heteroatoms. The molecule has 0 spiro atoms. The molecule has 7 aromatic rings. The molecule has 0 aromatic heterocycles. The fourth-order valence-corrected chi connectivity index (χ4v) is 8.65. The van der Waals surface area contributed by atoms with Crippen LogP contribution < -0.4 is 9.47 Å². The lowest BCUT2D eigenvalue weighted by atomic mass is 9.82. The lowest BCUT2D eigenvalue weighted by Crippen LogP contribution is -1.94. The minimum atomic E-state index is 0.863. The molecule has 3 aliphatic carbocycles. The Bertz CT molecular complexity index is 2530. The van der Waals surface area contributed by atoms with Gasteiger partial charge in [0.2, 0.25) is 0 Å². The van der Waals surface area contributed by atoms with E-state index in [2.05, 4.69) is 109 Å². The van der Waals surface area contributed by atoms with Gasteiger partial charge in [-0.25, -0.2) is 0 Å². The molecular weight excluding hydrogens is 560 g/mol. The predicted octanol–water partition coefficient (Wildman–Crippen LogP) is 11.7. The Kier molecular flexibility index (Phi) is 5.28. The van der Waals surface area contributed by atoms with Gasteiger partial charge in [-0.3, -0.25) is 0 Å². The number of benzene rings is 7.